The minimum atomic E-state index is -0.0956. The molecule has 1 atom stereocenters. The average Bonchev–Trinajstić information content (AvgIpc) is 2.38. The molecule has 2 nitrogen and oxygen atoms in total. The van der Waals surface area contributed by atoms with Gasteiger partial charge in [0.15, 0.2) is 5.78 Å². The van der Waals surface area contributed by atoms with Crippen LogP contribution in [0.1, 0.15) is 25.7 Å². The summed E-state index contributed by atoms with van der Waals surface area (Å²) in [6, 6.07) is 0. The zero-order valence-electron chi connectivity index (χ0n) is 6.14. The molecule has 1 aliphatic heterocycles. The Morgan fingerprint density at radius 1 is 1.70 bits per heavy atom. The quantitative estimate of drug-likeness (QED) is 0.593. The smallest absolute Gasteiger partial charge is 0.161 e. The van der Waals surface area contributed by atoms with Gasteiger partial charge < -0.3 is 4.74 Å². The van der Waals surface area contributed by atoms with Gasteiger partial charge in [-0.3, -0.25) is 4.79 Å². The minimum absolute atomic E-state index is 0.0956. The van der Waals surface area contributed by atoms with Crippen LogP contribution in [0.15, 0.2) is 0 Å². The second-order valence-electron chi connectivity index (χ2n) is 2.57. The number of carbonyl (C=O) groups is 1. The Hall–Kier alpha value is -0.370. The van der Waals surface area contributed by atoms with Gasteiger partial charge in [0.25, 0.3) is 0 Å². The third-order valence-corrected chi connectivity index (χ3v) is 1.71. The van der Waals surface area contributed by atoms with Crippen molar-refractivity contribution in [1.29, 1.82) is 0 Å². The second-order valence-corrected chi connectivity index (χ2v) is 2.57. The lowest BCUT2D eigenvalue weighted by Gasteiger charge is -2.05. The van der Waals surface area contributed by atoms with Gasteiger partial charge >= 0.3 is 0 Å². The van der Waals surface area contributed by atoms with Gasteiger partial charge in [-0.15, -0.1) is 0 Å². The molecule has 0 aromatic heterocycles. The molecule has 1 heterocycles. The van der Waals surface area contributed by atoms with Crippen molar-refractivity contribution in [3.8, 4) is 0 Å². The largest absolute Gasteiger partial charge is 0.370 e. The van der Waals surface area contributed by atoms with Crippen LogP contribution in [-0.4, -0.2) is 18.5 Å². The van der Waals surface area contributed by atoms with Crippen LogP contribution in [0.4, 0.5) is 0 Å². The van der Waals surface area contributed by atoms with Crippen LogP contribution in [0.3, 0.4) is 0 Å². The number of ether oxygens (including phenoxy) is 1. The van der Waals surface area contributed by atoms with E-state index >= 15 is 0 Å². The maximum absolute atomic E-state index is 11.1. The van der Waals surface area contributed by atoms with E-state index in [9.17, 15) is 4.79 Å². The van der Waals surface area contributed by atoms with Gasteiger partial charge in [-0.05, 0) is 19.3 Å². The van der Waals surface area contributed by atoms with Crippen molar-refractivity contribution in [2.24, 2.45) is 0 Å². The molecule has 0 N–H and O–H groups in total. The van der Waals surface area contributed by atoms with Crippen molar-refractivity contribution in [1.82, 2.24) is 0 Å². The highest BCUT2D eigenvalue weighted by Crippen LogP contribution is 2.14. The summed E-state index contributed by atoms with van der Waals surface area (Å²) in [5.41, 5.74) is 0. The molecule has 10 heavy (non-hydrogen) atoms. The molecule has 0 aliphatic carbocycles. The molecule has 2 heteroatoms. The predicted octanol–water partition coefficient (Wildman–Crippen LogP) is 1.35. The molecule has 1 rings (SSSR count). The van der Waals surface area contributed by atoms with Crippen LogP contribution in [0, 0.1) is 6.92 Å². The summed E-state index contributed by atoms with van der Waals surface area (Å²) in [7, 11) is 0. The van der Waals surface area contributed by atoms with Crippen molar-refractivity contribution < 1.29 is 9.53 Å². The van der Waals surface area contributed by atoms with Crippen LogP contribution in [0.5, 0.6) is 0 Å². The Kier molecular flexibility index (Phi) is 2.87. The van der Waals surface area contributed by atoms with Gasteiger partial charge in [0.1, 0.15) is 6.10 Å². The molecule has 0 aromatic rings. The fourth-order valence-electron chi connectivity index (χ4n) is 1.17. The van der Waals surface area contributed by atoms with Gasteiger partial charge in [0.05, 0.1) is 0 Å². The van der Waals surface area contributed by atoms with E-state index in [0.29, 0.717) is 12.8 Å². The van der Waals surface area contributed by atoms with Gasteiger partial charge in [0.2, 0.25) is 0 Å². The molecule has 0 bridgehead atoms. The number of hydrogen-bond donors (Lipinski definition) is 0. The lowest BCUT2D eigenvalue weighted by molar-refractivity contribution is -0.127. The highest BCUT2D eigenvalue weighted by molar-refractivity contribution is 5.83. The molecule has 1 radical (unpaired) electrons. The van der Waals surface area contributed by atoms with E-state index in [0.717, 1.165) is 19.4 Å². The second kappa shape index (κ2) is 3.71. The molecule has 0 saturated carbocycles. The van der Waals surface area contributed by atoms with Crippen molar-refractivity contribution in [2.45, 2.75) is 31.8 Å². The number of ketones is 1. The topological polar surface area (TPSA) is 26.3 Å². The highest BCUT2D eigenvalue weighted by atomic mass is 16.5. The molecule has 0 amide bonds. The van der Waals surface area contributed by atoms with Crippen molar-refractivity contribution in [2.75, 3.05) is 6.61 Å². The van der Waals surface area contributed by atoms with Crippen molar-refractivity contribution in [3.63, 3.8) is 0 Å². The first kappa shape index (κ1) is 7.73. The lowest BCUT2D eigenvalue weighted by Crippen LogP contribution is -2.18. The molecule has 0 spiro atoms. The van der Waals surface area contributed by atoms with Crippen molar-refractivity contribution >= 4 is 5.78 Å². The van der Waals surface area contributed by atoms with E-state index in [2.05, 4.69) is 6.92 Å². The van der Waals surface area contributed by atoms with E-state index in [4.69, 9.17) is 4.74 Å². The first-order valence-corrected chi connectivity index (χ1v) is 3.78. The zero-order chi connectivity index (χ0) is 7.40. The van der Waals surface area contributed by atoms with E-state index in [1.54, 1.807) is 0 Å². The monoisotopic (exact) mass is 141 g/mol. The molecular weight excluding hydrogens is 128 g/mol. The number of Topliss-reactive ketones (excluding diaryl/α,β-unsaturated/α-hetero) is 1. The standard InChI is InChI=1S/C8H13O2/c1-2-4-7(9)8-5-3-6-10-8/h8H,1-6H2. The first-order valence-electron chi connectivity index (χ1n) is 3.78. The maximum atomic E-state index is 11.1. The maximum Gasteiger partial charge on any atom is 0.161 e. The molecule has 1 unspecified atom stereocenters. The molecule has 1 saturated heterocycles. The number of carbonyl (C=O) groups excluding carboxylic acids is 1. The zero-order valence-corrected chi connectivity index (χ0v) is 6.14. The van der Waals surface area contributed by atoms with Crippen LogP contribution < -0.4 is 0 Å². The van der Waals surface area contributed by atoms with E-state index in [-0.39, 0.29) is 11.9 Å². The molecular formula is C8H13O2. The fourth-order valence-corrected chi connectivity index (χ4v) is 1.17. The lowest BCUT2D eigenvalue weighted by atomic mass is 10.1. The van der Waals surface area contributed by atoms with E-state index < -0.39 is 0 Å². The van der Waals surface area contributed by atoms with Gasteiger partial charge in [0, 0.05) is 13.0 Å². The summed E-state index contributed by atoms with van der Waals surface area (Å²) in [6.45, 7) is 4.38. The van der Waals surface area contributed by atoms with Gasteiger partial charge in [-0.2, -0.15) is 0 Å². The number of rotatable bonds is 3. The van der Waals surface area contributed by atoms with Crippen LogP contribution in [0.25, 0.3) is 0 Å². The number of hydrogen-bond acceptors (Lipinski definition) is 2. The van der Waals surface area contributed by atoms with Crippen LogP contribution >= 0.6 is 0 Å². The summed E-state index contributed by atoms with van der Waals surface area (Å²) in [4.78, 5) is 11.1. The first-order chi connectivity index (χ1) is 4.84. The van der Waals surface area contributed by atoms with Crippen LogP contribution in [-0.2, 0) is 9.53 Å². The molecule has 57 valence electrons. The molecule has 0 aromatic carbocycles. The van der Waals surface area contributed by atoms with Crippen molar-refractivity contribution in [3.05, 3.63) is 6.92 Å². The van der Waals surface area contributed by atoms with Crippen LogP contribution in [0.2, 0.25) is 0 Å². The third kappa shape index (κ3) is 1.81. The summed E-state index contributed by atoms with van der Waals surface area (Å²) in [6.07, 6.45) is 3.12. The Balaban J connectivity index is 2.25. The SMILES string of the molecule is [CH2]CCC(=O)C1CCCO1. The molecule has 1 aliphatic rings. The summed E-state index contributed by atoms with van der Waals surface area (Å²) in [5.74, 6) is 0.229. The Bertz CT molecular complexity index is 114. The molecule has 1 fully saturated rings. The average molecular weight is 141 g/mol. The van der Waals surface area contributed by atoms with Gasteiger partial charge in [-0.25, -0.2) is 0 Å². The summed E-state index contributed by atoms with van der Waals surface area (Å²) < 4.78 is 5.19. The van der Waals surface area contributed by atoms with E-state index in [1.807, 2.05) is 0 Å². The fraction of sp³-hybridized carbons (Fsp3) is 0.750. The minimum Gasteiger partial charge on any atom is -0.370 e. The summed E-state index contributed by atoms with van der Waals surface area (Å²) >= 11 is 0. The third-order valence-electron chi connectivity index (χ3n) is 1.71. The van der Waals surface area contributed by atoms with E-state index in [1.165, 1.54) is 0 Å². The highest BCUT2D eigenvalue weighted by Gasteiger charge is 2.21. The Morgan fingerprint density at radius 3 is 3.00 bits per heavy atom. The predicted molar refractivity (Wildman–Crippen MR) is 38.6 cm³/mol. The summed E-state index contributed by atoms with van der Waals surface area (Å²) in [5, 5.41) is 0. The Morgan fingerprint density at radius 2 is 2.50 bits per heavy atom. The Labute approximate surface area is 61.6 Å². The van der Waals surface area contributed by atoms with Gasteiger partial charge in [-0.1, -0.05) is 6.92 Å². The normalized spacial score (nSPS) is 25.1.